The summed E-state index contributed by atoms with van der Waals surface area (Å²) in [5, 5.41) is 2.09. The average Bonchev–Trinajstić information content (AvgIpc) is 3.69. The van der Waals surface area contributed by atoms with Crippen LogP contribution in [0.2, 0.25) is 10.0 Å². The van der Waals surface area contributed by atoms with E-state index in [0.717, 1.165) is 65.8 Å². The van der Waals surface area contributed by atoms with Crippen molar-refractivity contribution in [3.8, 4) is 11.1 Å². The number of anilines is 3. The van der Waals surface area contributed by atoms with Gasteiger partial charge in [-0.15, -0.1) is 11.3 Å². The summed E-state index contributed by atoms with van der Waals surface area (Å²) in [7, 11) is 0. The van der Waals surface area contributed by atoms with Gasteiger partial charge in [0.05, 0.1) is 27.4 Å². The number of rotatable bonds is 2. The molecule has 48 heavy (non-hydrogen) atoms. The van der Waals surface area contributed by atoms with Crippen LogP contribution in [0.15, 0.2) is 109 Å². The molecule has 0 bridgehead atoms. The molecule has 0 N–H and O–H groups in total. The van der Waals surface area contributed by atoms with E-state index >= 15 is 0 Å². The topological polar surface area (TPSA) is 37.4 Å². The van der Waals surface area contributed by atoms with Crippen LogP contribution in [-0.2, 0) is 5.41 Å². The SMILES string of the molecule is Cc1cc(C)c(N2c3sc(C=C4C(=O)c5ccccc5C4=O)cc3C3(c4ccccc4-c4ccccc43)c3cc(Cl)cc(Cl)c32)c(C)c1. The van der Waals surface area contributed by atoms with Crippen LogP contribution in [-0.4, -0.2) is 11.6 Å². The van der Waals surface area contributed by atoms with Crippen molar-refractivity contribution >= 4 is 68.6 Å². The first-order chi connectivity index (χ1) is 23.2. The van der Waals surface area contributed by atoms with E-state index < -0.39 is 5.41 Å². The fourth-order valence-corrected chi connectivity index (χ4v) is 10.1. The van der Waals surface area contributed by atoms with Gasteiger partial charge in [-0.3, -0.25) is 14.5 Å². The zero-order valence-corrected chi connectivity index (χ0v) is 28.6. The van der Waals surface area contributed by atoms with Gasteiger partial charge in [-0.2, -0.15) is 0 Å². The first-order valence-corrected chi connectivity index (χ1v) is 17.4. The maximum absolute atomic E-state index is 13.6. The quantitative estimate of drug-likeness (QED) is 0.135. The van der Waals surface area contributed by atoms with Crippen molar-refractivity contribution in [2.75, 3.05) is 4.90 Å². The minimum Gasteiger partial charge on any atom is -0.299 e. The summed E-state index contributed by atoms with van der Waals surface area (Å²) in [4.78, 5) is 30.2. The summed E-state index contributed by atoms with van der Waals surface area (Å²) >= 11 is 15.8. The van der Waals surface area contributed by atoms with E-state index in [-0.39, 0.29) is 17.1 Å². The molecule has 1 aromatic heterocycles. The van der Waals surface area contributed by atoms with Crippen LogP contribution in [0.5, 0.6) is 0 Å². The Morgan fingerprint density at radius 3 is 1.75 bits per heavy atom. The molecule has 0 unspecified atom stereocenters. The van der Waals surface area contributed by atoms with Crippen molar-refractivity contribution in [2.45, 2.75) is 26.2 Å². The lowest BCUT2D eigenvalue weighted by Gasteiger charge is -2.44. The number of hydrogen-bond acceptors (Lipinski definition) is 4. The summed E-state index contributed by atoms with van der Waals surface area (Å²) in [5.41, 5.74) is 12.3. The standard InChI is InChI=1S/C42H27Cl2NO2S/c1-22-16-23(2)37(24(3)17-22)45-38-34(18-25(43)19-36(38)44)42(32-14-8-6-10-27(32)28-11-7-9-15-33(28)42)35-21-26(48-41(35)45)20-31-39(46)29-12-4-5-13-30(29)40(31)47/h4-21H,1-3H3. The Kier molecular flexibility index (Phi) is 6.36. The smallest absolute Gasteiger partial charge is 0.197 e. The number of thiophene rings is 1. The lowest BCUT2D eigenvalue weighted by atomic mass is 9.66. The fraction of sp³-hybridized carbons (Fsp3) is 0.0952. The number of aryl methyl sites for hydroxylation is 3. The third-order valence-electron chi connectivity index (χ3n) is 10.00. The van der Waals surface area contributed by atoms with E-state index in [4.69, 9.17) is 23.2 Å². The van der Waals surface area contributed by atoms with Crippen LogP contribution in [0.25, 0.3) is 17.2 Å². The Morgan fingerprint density at radius 2 is 1.17 bits per heavy atom. The largest absolute Gasteiger partial charge is 0.299 e. The first-order valence-electron chi connectivity index (χ1n) is 15.8. The molecule has 5 aromatic carbocycles. The van der Waals surface area contributed by atoms with E-state index in [0.29, 0.717) is 21.2 Å². The second-order valence-electron chi connectivity index (χ2n) is 12.8. The number of allylic oxidation sites excluding steroid dienone is 1. The fourth-order valence-electron chi connectivity index (χ4n) is 8.33. The molecule has 9 rings (SSSR count). The lowest BCUT2D eigenvalue weighted by molar-refractivity contribution is 0.0990. The molecule has 1 aliphatic heterocycles. The van der Waals surface area contributed by atoms with Crippen molar-refractivity contribution < 1.29 is 9.59 Å². The number of carbonyl (C=O) groups excluding carboxylic acids is 2. The van der Waals surface area contributed by atoms with Crippen molar-refractivity contribution in [1.82, 2.24) is 0 Å². The van der Waals surface area contributed by atoms with Crippen molar-refractivity contribution in [3.63, 3.8) is 0 Å². The third kappa shape index (κ3) is 3.82. The van der Waals surface area contributed by atoms with E-state index in [1.165, 1.54) is 5.56 Å². The van der Waals surface area contributed by atoms with Gasteiger partial charge < -0.3 is 0 Å². The highest BCUT2D eigenvalue weighted by molar-refractivity contribution is 7.17. The zero-order chi connectivity index (χ0) is 33.1. The van der Waals surface area contributed by atoms with E-state index in [9.17, 15) is 9.59 Å². The highest BCUT2D eigenvalue weighted by Gasteiger charge is 2.53. The van der Waals surface area contributed by atoms with Gasteiger partial charge in [-0.1, -0.05) is 114 Å². The van der Waals surface area contributed by atoms with Crippen molar-refractivity contribution in [1.29, 1.82) is 0 Å². The third-order valence-corrected chi connectivity index (χ3v) is 11.6. The van der Waals surface area contributed by atoms with Crippen LogP contribution in [0.1, 0.15) is 64.5 Å². The minimum atomic E-state index is -0.755. The van der Waals surface area contributed by atoms with Gasteiger partial charge in [-0.05, 0) is 84.0 Å². The van der Waals surface area contributed by atoms with Gasteiger partial charge in [0.15, 0.2) is 11.6 Å². The number of Topliss-reactive ketones (excluding diaryl/α,β-unsaturated/α-hetero) is 2. The van der Waals surface area contributed by atoms with Gasteiger partial charge in [0.1, 0.15) is 5.00 Å². The normalized spacial score (nSPS) is 14.9. The molecule has 0 radical (unpaired) electrons. The summed E-state index contributed by atoms with van der Waals surface area (Å²) in [6, 6.07) is 34.6. The summed E-state index contributed by atoms with van der Waals surface area (Å²) in [6.07, 6.45) is 1.78. The molecule has 3 aliphatic rings. The maximum Gasteiger partial charge on any atom is 0.197 e. The summed E-state index contributed by atoms with van der Waals surface area (Å²) in [5.74, 6) is -0.484. The lowest BCUT2D eigenvalue weighted by Crippen LogP contribution is -2.35. The number of nitrogens with zero attached hydrogens (tertiary/aromatic N) is 1. The Labute approximate surface area is 292 Å². The highest BCUT2D eigenvalue weighted by Crippen LogP contribution is 2.66. The Bertz CT molecular complexity index is 2360. The average molecular weight is 681 g/mol. The molecular formula is C42H27Cl2NO2S. The van der Waals surface area contributed by atoms with E-state index in [1.54, 1.807) is 41.7 Å². The molecule has 0 fully saturated rings. The maximum atomic E-state index is 13.6. The Hall–Kier alpha value is -4.74. The molecule has 3 nitrogen and oxygen atoms in total. The van der Waals surface area contributed by atoms with Crippen LogP contribution < -0.4 is 4.90 Å². The van der Waals surface area contributed by atoms with Crippen LogP contribution in [0.3, 0.4) is 0 Å². The van der Waals surface area contributed by atoms with Crippen LogP contribution in [0.4, 0.5) is 16.4 Å². The molecule has 1 spiro atoms. The van der Waals surface area contributed by atoms with Gasteiger partial charge >= 0.3 is 0 Å². The van der Waals surface area contributed by atoms with Gasteiger partial charge in [-0.25, -0.2) is 0 Å². The monoisotopic (exact) mass is 679 g/mol. The Morgan fingerprint density at radius 1 is 0.625 bits per heavy atom. The van der Waals surface area contributed by atoms with Crippen molar-refractivity contribution in [2.24, 2.45) is 0 Å². The number of fused-ring (bicyclic) bond motifs is 10. The second-order valence-corrected chi connectivity index (χ2v) is 14.7. The van der Waals surface area contributed by atoms with E-state index in [1.807, 2.05) is 6.07 Å². The number of hydrogen-bond donors (Lipinski definition) is 0. The van der Waals surface area contributed by atoms with Gasteiger partial charge in [0, 0.05) is 26.6 Å². The molecule has 6 aromatic rings. The van der Waals surface area contributed by atoms with Gasteiger partial charge in [0.25, 0.3) is 0 Å². The van der Waals surface area contributed by atoms with Crippen LogP contribution in [0, 0.1) is 20.8 Å². The molecule has 2 aliphatic carbocycles. The molecular weight excluding hydrogens is 653 g/mol. The number of halogens is 2. The zero-order valence-electron chi connectivity index (χ0n) is 26.3. The molecule has 0 saturated carbocycles. The molecule has 0 saturated heterocycles. The predicted molar refractivity (Wildman–Crippen MR) is 197 cm³/mol. The second kappa shape index (κ2) is 10.4. The van der Waals surface area contributed by atoms with E-state index in [2.05, 4.69) is 98.5 Å². The first kappa shape index (κ1) is 29.4. The molecule has 0 amide bonds. The molecule has 232 valence electrons. The van der Waals surface area contributed by atoms with Gasteiger partial charge in [0.2, 0.25) is 0 Å². The van der Waals surface area contributed by atoms with Crippen LogP contribution >= 0.6 is 34.5 Å². The summed E-state index contributed by atoms with van der Waals surface area (Å²) < 4.78 is 0. The number of carbonyl (C=O) groups is 2. The molecule has 0 atom stereocenters. The highest BCUT2D eigenvalue weighted by atomic mass is 35.5. The molecule has 6 heteroatoms. The molecule has 2 heterocycles. The number of benzene rings is 5. The summed E-state index contributed by atoms with van der Waals surface area (Å²) in [6.45, 7) is 6.37. The van der Waals surface area contributed by atoms with Crippen molar-refractivity contribution in [3.05, 3.63) is 174 Å². The Balaban J connectivity index is 1.42. The predicted octanol–water partition coefficient (Wildman–Crippen LogP) is 11.6. The minimum absolute atomic E-state index is 0.184. The number of ketones is 2.